The van der Waals surface area contributed by atoms with Crippen LogP contribution in [0.3, 0.4) is 0 Å². The highest BCUT2D eigenvalue weighted by molar-refractivity contribution is 6.32. The number of ether oxygens (including phenoxy) is 1. The number of hydrogen-bond donors (Lipinski definition) is 2. The number of rotatable bonds is 7. The summed E-state index contributed by atoms with van der Waals surface area (Å²) in [6.07, 6.45) is 4.51. The van der Waals surface area contributed by atoms with Gasteiger partial charge in [-0.15, -0.1) is 0 Å². The van der Waals surface area contributed by atoms with E-state index >= 15 is 0 Å². The Bertz CT molecular complexity index is 896. The average molecular weight is 399 g/mol. The maximum atomic E-state index is 12.3. The molecule has 0 spiro atoms. The van der Waals surface area contributed by atoms with Crippen molar-refractivity contribution in [3.8, 4) is 11.5 Å². The van der Waals surface area contributed by atoms with Gasteiger partial charge in [0.2, 0.25) is 0 Å². The van der Waals surface area contributed by atoms with Gasteiger partial charge in [0, 0.05) is 12.2 Å². The van der Waals surface area contributed by atoms with Gasteiger partial charge in [-0.1, -0.05) is 42.8 Å². The average Bonchev–Trinajstić information content (AvgIpc) is 2.65. The second kappa shape index (κ2) is 10.00. The molecule has 0 saturated heterocycles. The second-order valence-electron chi connectivity index (χ2n) is 6.70. The topological polar surface area (TPSA) is 64.3 Å². The van der Waals surface area contributed by atoms with Crippen LogP contribution in [0, 0.1) is 13.8 Å². The molecule has 2 rings (SSSR count). The molecule has 0 fully saturated rings. The Kier molecular flexibility index (Phi) is 7.70. The number of carbonyl (C=O) groups is 1. The molecule has 0 aliphatic heterocycles. The van der Waals surface area contributed by atoms with Gasteiger partial charge in [0.1, 0.15) is 11.5 Å². The molecule has 0 aromatic heterocycles. The van der Waals surface area contributed by atoms with E-state index in [9.17, 15) is 4.79 Å². The van der Waals surface area contributed by atoms with E-state index in [0.29, 0.717) is 34.3 Å². The number of nitrogens with two attached hydrogens (primary N) is 1. The maximum Gasteiger partial charge on any atom is 0.253 e. The molecule has 148 valence electrons. The first-order valence-corrected chi connectivity index (χ1v) is 9.64. The number of carbonyl (C=O) groups excluding carboxylic acids is 1. The highest BCUT2D eigenvalue weighted by atomic mass is 35.5. The van der Waals surface area contributed by atoms with Crippen molar-refractivity contribution in [2.24, 2.45) is 5.73 Å². The van der Waals surface area contributed by atoms with E-state index in [1.165, 1.54) is 0 Å². The first-order valence-electron chi connectivity index (χ1n) is 9.26. The van der Waals surface area contributed by atoms with Gasteiger partial charge in [0.05, 0.1) is 10.6 Å². The van der Waals surface area contributed by atoms with Crippen LogP contribution >= 0.6 is 11.6 Å². The summed E-state index contributed by atoms with van der Waals surface area (Å²) in [5.74, 6) is 1.12. The van der Waals surface area contributed by atoms with E-state index in [0.717, 1.165) is 23.1 Å². The Morgan fingerprint density at radius 1 is 1.18 bits per heavy atom. The monoisotopic (exact) mass is 398 g/mol. The third-order valence-electron chi connectivity index (χ3n) is 4.34. The molecule has 0 radical (unpaired) electrons. The summed E-state index contributed by atoms with van der Waals surface area (Å²) in [5.41, 5.74) is 10.0. The third-order valence-corrected chi connectivity index (χ3v) is 4.64. The fraction of sp³-hybridized carbons (Fsp3) is 0.261. The van der Waals surface area contributed by atoms with Crippen LogP contribution in [0.1, 0.15) is 37.0 Å². The molecule has 0 heterocycles. The molecule has 0 aliphatic carbocycles. The predicted octanol–water partition coefficient (Wildman–Crippen LogP) is 5.56. The second-order valence-corrected chi connectivity index (χ2v) is 7.11. The molecule has 2 aromatic carbocycles. The van der Waals surface area contributed by atoms with E-state index in [1.807, 2.05) is 63.2 Å². The normalized spacial score (nSPS) is 12.0. The van der Waals surface area contributed by atoms with Gasteiger partial charge >= 0.3 is 0 Å². The van der Waals surface area contributed by atoms with Crippen molar-refractivity contribution in [3.05, 3.63) is 81.5 Å². The molecule has 1 amide bonds. The predicted molar refractivity (Wildman–Crippen MR) is 116 cm³/mol. The van der Waals surface area contributed by atoms with Crippen molar-refractivity contribution in [1.82, 2.24) is 5.32 Å². The largest absolute Gasteiger partial charge is 0.456 e. The van der Waals surface area contributed by atoms with Crippen molar-refractivity contribution in [1.29, 1.82) is 0 Å². The van der Waals surface area contributed by atoms with E-state index in [4.69, 9.17) is 22.1 Å². The fourth-order valence-electron chi connectivity index (χ4n) is 2.53. The molecular weight excluding hydrogens is 372 g/mol. The van der Waals surface area contributed by atoms with Crippen LogP contribution in [-0.2, 0) is 11.3 Å². The SMILES string of the molecule is CC/C=C\C(C(=O)NCc1ccc(Oc2cc(C)c(C)cc2Cl)cc1)=C(/C)N. The number of hydrogen-bond acceptors (Lipinski definition) is 3. The van der Waals surface area contributed by atoms with Gasteiger partial charge in [0.25, 0.3) is 5.91 Å². The van der Waals surface area contributed by atoms with Crippen LogP contribution in [0.5, 0.6) is 11.5 Å². The lowest BCUT2D eigenvalue weighted by molar-refractivity contribution is -0.117. The van der Waals surface area contributed by atoms with Gasteiger partial charge in [-0.25, -0.2) is 0 Å². The Hall–Kier alpha value is -2.72. The summed E-state index contributed by atoms with van der Waals surface area (Å²) in [7, 11) is 0. The lowest BCUT2D eigenvalue weighted by atomic mass is 10.1. The van der Waals surface area contributed by atoms with E-state index < -0.39 is 0 Å². The molecule has 4 nitrogen and oxygen atoms in total. The zero-order chi connectivity index (χ0) is 20.7. The number of benzene rings is 2. The number of allylic oxidation sites excluding steroid dienone is 2. The van der Waals surface area contributed by atoms with E-state index in [2.05, 4.69) is 5.32 Å². The summed E-state index contributed by atoms with van der Waals surface area (Å²) >= 11 is 6.27. The molecule has 2 aromatic rings. The number of halogens is 1. The number of amides is 1. The van der Waals surface area contributed by atoms with Crippen molar-refractivity contribution < 1.29 is 9.53 Å². The Morgan fingerprint density at radius 2 is 1.82 bits per heavy atom. The minimum Gasteiger partial charge on any atom is -0.456 e. The summed E-state index contributed by atoms with van der Waals surface area (Å²) in [5, 5.41) is 3.47. The number of nitrogens with one attached hydrogen (secondary N) is 1. The molecule has 3 N–H and O–H groups in total. The first-order chi connectivity index (χ1) is 13.3. The van der Waals surface area contributed by atoms with Crippen LogP contribution in [0.2, 0.25) is 5.02 Å². The van der Waals surface area contributed by atoms with Gasteiger partial charge in [-0.2, -0.15) is 0 Å². The van der Waals surface area contributed by atoms with Crippen molar-refractivity contribution in [3.63, 3.8) is 0 Å². The zero-order valence-corrected chi connectivity index (χ0v) is 17.6. The van der Waals surface area contributed by atoms with Crippen molar-refractivity contribution in [2.75, 3.05) is 0 Å². The van der Waals surface area contributed by atoms with Gasteiger partial charge in [-0.3, -0.25) is 4.79 Å². The molecule has 5 heteroatoms. The Morgan fingerprint density at radius 3 is 2.43 bits per heavy atom. The van der Waals surface area contributed by atoms with Gasteiger partial charge in [0.15, 0.2) is 0 Å². The molecule has 0 bridgehead atoms. The van der Waals surface area contributed by atoms with E-state index in [-0.39, 0.29) is 5.91 Å². The number of aryl methyl sites for hydroxylation is 2. The summed E-state index contributed by atoms with van der Waals surface area (Å²) in [6.45, 7) is 8.16. The summed E-state index contributed by atoms with van der Waals surface area (Å²) in [4.78, 5) is 12.3. The fourth-order valence-corrected chi connectivity index (χ4v) is 2.79. The quantitative estimate of drug-likeness (QED) is 0.473. The zero-order valence-electron chi connectivity index (χ0n) is 16.8. The highest BCUT2D eigenvalue weighted by Gasteiger charge is 2.09. The Labute approximate surface area is 172 Å². The van der Waals surface area contributed by atoms with Crippen molar-refractivity contribution >= 4 is 17.5 Å². The standard InChI is InChI=1S/C23H27ClN2O2/c1-5-6-7-20(17(4)25)23(27)26-14-18-8-10-19(11-9-18)28-22-13-16(3)15(2)12-21(22)24/h6-13H,5,14,25H2,1-4H3,(H,26,27)/b7-6-,20-17-. The maximum absolute atomic E-state index is 12.3. The highest BCUT2D eigenvalue weighted by Crippen LogP contribution is 2.31. The molecule has 0 aliphatic rings. The van der Waals surface area contributed by atoms with Crippen LogP contribution in [0.4, 0.5) is 0 Å². The molecule has 28 heavy (non-hydrogen) atoms. The molecule has 0 atom stereocenters. The van der Waals surface area contributed by atoms with Crippen LogP contribution in [0.25, 0.3) is 0 Å². The smallest absolute Gasteiger partial charge is 0.253 e. The molecule has 0 unspecified atom stereocenters. The lowest BCUT2D eigenvalue weighted by Crippen LogP contribution is -2.25. The van der Waals surface area contributed by atoms with E-state index in [1.54, 1.807) is 13.0 Å². The molecular formula is C23H27ClN2O2. The lowest BCUT2D eigenvalue weighted by Gasteiger charge is -2.11. The van der Waals surface area contributed by atoms with Crippen LogP contribution < -0.4 is 15.8 Å². The van der Waals surface area contributed by atoms with Crippen LogP contribution in [0.15, 0.2) is 59.8 Å². The first kappa shape index (κ1) is 21.6. The van der Waals surface area contributed by atoms with Crippen molar-refractivity contribution in [2.45, 2.75) is 40.7 Å². The minimum absolute atomic E-state index is 0.188. The molecule has 0 saturated carbocycles. The minimum atomic E-state index is -0.188. The Balaban J connectivity index is 2.01. The van der Waals surface area contributed by atoms with Gasteiger partial charge < -0.3 is 15.8 Å². The third kappa shape index (κ3) is 5.89. The van der Waals surface area contributed by atoms with Crippen LogP contribution in [-0.4, -0.2) is 5.91 Å². The van der Waals surface area contributed by atoms with Gasteiger partial charge in [-0.05, 0) is 68.1 Å². The summed E-state index contributed by atoms with van der Waals surface area (Å²) < 4.78 is 5.89. The summed E-state index contributed by atoms with van der Waals surface area (Å²) in [6, 6.07) is 11.4.